The molecule has 2 saturated heterocycles. The molecule has 1 aromatic rings. The van der Waals surface area contributed by atoms with Gasteiger partial charge in [-0.1, -0.05) is 24.3 Å². The second kappa shape index (κ2) is 6.82. The SMILES string of the molecule is O=C1NCC2(CCOCC2)C1NCCN1CCc2ccccc2C1. The van der Waals surface area contributed by atoms with Crippen molar-refractivity contribution in [1.82, 2.24) is 15.5 Å². The van der Waals surface area contributed by atoms with Crippen LogP contribution in [0, 0.1) is 5.41 Å². The standard InChI is InChI=1S/C19H27N3O2/c23-18-17(19(14-21-18)6-11-24-12-7-19)20-8-10-22-9-5-15-3-1-2-4-16(15)13-22/h1-4,17,20H,5-14H2,(H,21,23). The summed E-state index contributed by atoms with van der Waals surface area (Å²) in [6, 6.07) is 8.66. The van der Waals surface area contributed by atoms with E-state index in [2.05, 4.69) is 39.8 Å². The van der Waals surface area contributed by atoms with Crippen LogP contribution in [-0.2, 0) is 22.5 Å². The first-order valence-electron chi connectivity index (χ1n) is 9.15. The first-order chi connectivity index (χ1) is 11.8. The molecule has 3 aliphatic heterocycles. The van der Waals surface area contributed by atoms with Crippen LogP contribution in [-0.4, -0.2) is 56.2 Å². The van der Waals surface area contributed by atoms with Crippen molar-refractivity contribution in [2.24, 2.45) is 5.41 Å². The molecule has 2 fully saturated rings. The van der Waals surface area contributed by atoms with E-state index >= 15 is 0 Å². The lowest BCUT2D eigenvalue weighted by molar-refractivity contribution is -0.122. The first kappa shape index (κ1) is 16.1. The maximum Gasteiger partial charge on any atom is 0.237 e. The summed E-state index contributed by atoms with van der Waals surface area (Å²) in [5, 5.41) is 6.61. The van der Waals surface area contributed by atoms with E-state index in [9.17, 15) is 4.79 Å². The molecule has 5 heteroatoms. The average molecular weight is 329 g/mol. The molecular formula is C19H27N3O2. The predicted molar refractivity (Wildman–Crippen MR) is 92.7 cm³/mol. The molecule has 1 unspecified atom stereocenters. The quantitative estimate of drug-likeness (QED) is 0.863. The second-order valence-electron chi connectivity index (χ2n) is 7.37. The lowest BCUT2D eigenvalue weighted by Crippen LogP contribution is -2.51. The molecule has 0 bridgehead atoms. The van der Waals surface area contributed by atoms with Crippen molar-refractivity contribution in [3.63, 3.8) is 0 Å². The van der Waals surface area contributed by atoms with Crippen molar-refractivity contribution in [3.05, 3.63) is 35.4 Å². The summed E-state index contributed by atoms with van der Waals surface area (Å²) in [5.41, 5.74) is 2.99. The zero-order chi connectivity index (χ0) is 16.4. The van der Waals surface area contributed by atoms with Gasteiger partial charge in [-0.2, -0.15) is 0 Å². The smallest absolute Gasteiger partial charge is 0.237 e. The molecule has 5 nitrogen and oxygen atoms in total. The summed E-state index contributed by atoms with van der Waals surface area (Å²) in [6.45, 7) is 6.33. The lowest BCUT2D eigenvalue weighted by atomic mass is 9.76. The average Bonchev–Trinajstić information content (AvgIpc) is 2.92. The largest absolute Gasteiger partial charge is 0.381 e. The molecule has 2 N–H and O–H groups in total. The van der Waals surface area contributed by atoms with Crippen LogP contribution in [0.25, 0.3) is 0 Å². The zero-order valence-electron chi connectivity index (χ0n) is 14.2. The molecule has 1 atom stereocenters. The number of nitrogens with zero attached hydrogens (tertiary/aromatic N) is 1. The summed E-state index contributed by atoms with van der Waals surface area (Å²) in [6.07, 6.45) is 3.07. The molecule has 4 rings (SSSR count). The minimum absolute atomic E-state index is 0.0570. The molecular weight excluding hydrogens is 302 g/mol. The molecule has 1 aromatic carbocycles. The maximum atomic E-state index is 12.3. The lowest BCUT2D eigenvalue weighted by Gasteiger charge is -2.37. The Bertz CT molecular complexity index is 598. The van der Waals surface area contributed by atoms with E-state index in [1.807, 2.05) is 0 Å². The Balaban J connectivity index is 1.31. The van der Waals surface area contributed by atoms with E-state index in [0.717, 1.165) is 65.2 Å². The number of benzene rings is 1. The van der Waals surface area contributed by atoms with E-state index in [0.29, 0.717) is 0 Å². The number of amides is 1. The van der Waals surface area contributed by atoms with Gasteiger partial charge in [0.2, 0.25) is 5.91 Å². The minimum Gasteiger partial charge on any atom is -0.381 e. The van der Waals surface area contributed by atoms with E-state index in [4.69, 9.17) is 4.74 Å². The Morgan fingerprint density at radius 1 is 1.25 bits per heavy atom. The summed E-state index contributed by atoms with van der Waals surface area (Å²) in [5.74, 6) is 0.167. The highest BCUT2D eigenvalue weighted by Gasteiger charge is 2.48. The van der Waals surface area contributed by atoms with Crippen molar-refractivity contribution < 1.29 is 9.53 Å². The van der Waals surface area contributed by atoms with E-state index in [-0.39, 0.29) is 17.4 Å². The van der Waals surface area contributed by atoms with Crippen molar-refractivity contribution >= 4 is 5.91 Å². The van der Waals surface area contributed by atoms with Crippen molar-refractivity contribution in [3.8, 4) is 0 Å². The van der Waals surface area contributed by atoms with Gasteiger partial charge >= 0.3 is 0 Å². The highest BCUT2D eigenvalue weighted by atomic mass is 16.5. The van der Waals surface area contributed by atoms with Gasteiger partial charge in [0.15, 0.2) is 0 Å². The molecule has 0 radical (unpaired) electrons. The predicted octanol–water partition coefficient (Wildman–Crippen LogP) is 0.930. The van der Waals surface area contributed by atoms with Crippen LogP contribution in [0.2, 0.25) is 0 Å². The fourth-order valence-electron chi connectivity index (χ4n) is 4.41. The highest BCUT2D eigenvalue weighted by molar-refractivity contribution is 5.85. The van der Waals surface area contributed by atoms with Crippen LogP contribution in [0.1, 0.15) is 24.0 Å². The number of carbonyl (C=O) groups excluding carboxylic acids is 1. The van der Waals surface area contributed by atoms with Gasteiger partial charge in [0, 0.05) is 51.4 Å². The van der Waals surface area contributed by atoms with Crippen LogP contribution in [0.3, 0.4) is 0 Å². The molecule has 130 valence electrons. The molecule has 0 aliphatic carbocycles. The van der Waals surface area contributed by atoms with Gasteiger partial charge in [-0.25, -0.2) is 0 Å². The zero-order valence-corrected chi connectivity index (χ0v) is 14.2. The van der Waals surface area contributed by atoms with Gasteiger partial charge in [-0.05, 0) is 30.4 Å². The van der Waals surface area contributed by atoms with Crippen LogP contribution in [0.15, 0.2) is 24.3 Å². The van der Waals surface area contributed by atoms with E-state index in [1.54, 1.807) is 0 Å². The first-order valence-corrected chi connectivity index (χ1v) is 9.15. The molecule has 3 aliphatic rings. The van der Waals surface area contributed by atoms with Crippen molar-refractivity contribution in [2.45, 2.75) is 31.8 Å². The fraction of sp³-hybridized carbons (Fsp3) is 0.632. The van der Waals surface area contributed by atoms with Crippen molar-refractivity contribution in [2.75, 3.05) is 39.4 Å². The minimum atomic E-state index is -0.0570. The third kappa shape index (κ3) is 3.08. The summed E-state index contributed by atoms with van der Waals surface area (Å²) < 4.78 is 5.50. The Morgan fingerprint density at radius 2 is 2.04 bits per heavy atom. The van der Waals surface area contributed by atoms with Crippen LogP contribution < -0.4 is 10.6 Å². The second-order valence-corrected chi connectivity index (χ2v) is 7.37. The maximum absolute atomic E-state index is 12.3. The van der Waals surface area contributed by atoms with Gasteiger partial charge in [0.1, 0.15) is 0 Å². The summed E-state index contributed by atoms with van der Waals surface area (Å²) >= 11 is 0. The molecule has 1 spiro atoms. The third-order valence-electron chi connectivity index (χ3n) is 5.96. The van der Waals surface area contributed by atoms with E-state index in [1.165, 1.54) is 11.1 Å². The fourth-order valence-corrected chi connectivity index (χ4v) is 4.41. The molecule has 0 saturated carbocycles. The van der Waals surface area contributed by atoms with Gasteiger partial charge in [-0.3, -0.25) is 9.69 Å². The number of hydrogen-bond acceptors (Lipinski definition) is 4. The number of nitrogens with one attached hydrogen (secondary N) is 2. The van der Waals surface area contributed by atoms with Crippen LogP contribution in [0.5, 0.6) is 0 Å². The summed E-state index contributed by atoms with van der Waals surface area (Å²) in [4.78, 5) is 14.8. The highest BCUT2D eigenvalue weighted by Crippen LogP contribution is 2.37. The van der Waals surface area contributed by atoms with Gasteiger partial charge in [0.25, 0.3) is 0 Å². The Labute approximate surface area is 143 Å². The van der Waals surface area contributed by atoms with Gasteiger partial charge in [-0.15, -0.1) is 0 Å². The number of carbonyl (C=O) groups is 1. The Kier molecular flexibility index (Phi) is 4.57. The van der Waals surface area contributed by atoms with Gasteiger partial charge < -0.3 is 15.4 Å². The molecule has 1 amide bonds. The number of ether oxygens (including phenoxy) is 1. The summed E-state index contributed by atoms with van der Waals surface area (Å²) in [7, 11) is 0. The van der Waals surface area contributed by atoms with Crippen LogP contribution in [0.4, 0.5) is 0 Å². The number of fused-ring (bicyclic) bond motifs is 1. The number of hydrogen-bond donors (Lipinski definition) is 2. The van der Waals surface area contributed by atoms with Crippen molar-refractivity contribution in [1.29, 1.82) is 0 Å². The monoisotopic (exact) mass is 329 g/mol. The van der Waals surface area contributed by atoms with E-state index < -0.39 is 0 Å². The normalized spacial score (nSPS) is 26.3. The third-order valence-corrected chi connectivity index (χ3v) is 5.96. The Morgan fingerprint density at radius 3 is 2.88 bits per heavy atom. The molecule has 24 heavy (non-hydrogen) atoms. The van der Waals surface area contributed by atoms with Gasteiger partial charge in [0.05, 0.1) is 6.04 Å². The molecule has 3 heterocycles. The topological polar surface area (TPSA) is 53.6 Å². The molecule has 0 aromatic heterocycles. The Hall–Kier alpha value is -1.43. The number of rotatable bonds is 4. The van der Waals surface area contributed by atoms with Crippen LogP contribution >= 0.6 is 0 Å².